The van der Waals surface area contributed by atoms with Gasteiger partial charge in [0.05, 0.1) is 26.3 Å². The lowest BCUT2D eigenvalue weighted by Crippen LogP contribution is -2.42. The molecule has 0 aromatic heterocycles. The first-order chi connectivity index (χ1) is 12.6. The monoisotopic (exact) mass is 436 g/mol. The molecule has 0 radical (unpaired) electrons. The summed E-state index contributed by atoms with van der Waals surface area (Å²) in [5.74, 6) is -0.792. The molecule has 1 aliphatic heterocycles. The number of nitriles is 1. The van der Waals surface area contributed by atoms with Crippen LogP contribution in [0.15, 0.2) is 35.5 Å². The van der Waals surface area contributed by atoms with Crippen LogP contribution in [0.25, 0.3) is 0 Å². The Morgan fingerprint density at radius 2 is 1.74 bits per heavy atom. The SMILES string of the molecule is N#Cc1cc(C2=NOC(c3cc(Cl)c(Cl)c(Cl)c3)(C(F)(F)F)C2)ccc1F. The van der Waals surface area contributed by atoms with Crippen LogP contribution in [-0.2, 0) is 10.4 Å². The van der Waals surface area contributed by atoms with E-state index in [0.29, 0.717) is 0 Å². The van der Waals surface area contributed by atoms with Crippen LogP contribution in [0, 0.1) is 17.1 Å². The van der Waals surface area contributed by atoms with E-state index in [1.165, 1.54) is 6.07 Å². The summed E-state index contributed by atoms with van der Waals surface area (Å²) in [6, 6.07) is 6.92. The fourth-order valence-electron chi connectivity index (χ4n) is 2.64. The van der Waals surface area contributed by atoms with E-state index in [0.717, 1.165) is 24.3 Å². The molecule has 0 N–H and O–H groups in total. The van der Waals surface area contributed by atoms with Crippen LogP contribution in [0.5, 0.6) is 0 Å². The Morgan fingerprint density at radius 1 is 1.11 bits per heavy atom. The second-order valence-corrected chi connectivity index (χ2v) is 6.88. The summed E-state index contributed by atoms with van der Waals surface area (Å²) in [4.78, 5) is 4.84. The number of rotatable bonds is 2. The van der Waals surface area contributed by atoms with Gasteiger partial charge in [0, 0.05) is 17.5 Å². The number of hydrogen-bond acceptors (Lipinski definition) is 3. The summed E-state index contributed by atoms with van der Waals surface area (Å²) in [6.07, 6.45) is -5.60. The predicted octanol–water partition coefficient (Wildman–Crippen LogP) is 6.24. The van der Waals surface area contributed by atoms with Crippen molar-refractivity contribution in [3.8, 4) is 6.07 Å². The van der Waals surface area contributed by atoms with Crippen LogP contribution in [0.4, 0.5) is 17.6 Å². The molecular formula is C17H7Cl3F4N2O. The molecule has 0 aliphatic carbocycles. The number of hydrogen-bond donors (Lipinski definition) is 0. The van der Waals surface area contributed by atoms with Crippen molar-refractivity contribution in [1.29, 1.82) is 5.26 Å². The second kappa shape index (κ2) is 6.86. The van der Waals surface area contributed by atoms with E-state index in [2.05, 4.69) is 5.16 Å². The fourth-order valence-corrected chi connectivity index (χ4v) is 3.23. The molecule has 1 unspecified atom stereocenters. The molecule has 27 heavy (non-hydrogen) atoms. The third-order valence-corrected chi connectivity index (χ3v) is 5.25. The Morgan fingerprint density at radius 3 is 2.30 bits per heavy atom. The van der Waals surface area contributed by atoms with Crippen molar-refractivity contribution in [3.05, 3.63) is 67.9 Å². The predicted molar refractivity (Wildman–Crippen MR) is 92.6 cm³/mol. The van der Waals surface area contributed by atoms with Crippen LogP contribution in [0.1, 0.15) is 23.1 Å². The summed E-state index contributed by atoms with van der Waals surface area (Å²) in [7, 11) is 0. The molecule has 0 saturated heterocycles. The van der Waals surface area contributed by atoms with Crippen molar-refractivity contribution >= 4 is 40.5 Å². The van der Waals surface area contributed by atoms with Gasteiger partial charge in [-0.05, 0) is 24.3 Å². The van der Waals surface area contributed by atoms with Crippen molar-refractivity contribution in [1.82, 2.24) is 0 Å². The average Bonchev–Trinajstić information content (AvgIpc) is 3.06. The minimum absolute atomic E-state index is 0.0873. The molecule has 3 rings (SSSR count). The lowest BCUT2D eigenvalue weighted by atomic mass is 9.86. The molecule has 0 saturated carbocycles. The molecular weight excluding hydrogens is 431 g/mol. The number of benzene rings is 2. The fraction of sp³-hybridized carbons (Fsp3) is 0.176. The van der Waals surface area contributed by atoms with E-state index in [1.54, 1.807) is 6.07 Å². The molecule has 0 fully saturated rings. The molecule has 0 amide bonds. The van der Waals surface area contributed by atoms with Crippen LogP contribution in [0.3, 0.4) is 0 Å². The zero-order chi connectivity index (χ0) is 20.0. The summed E-state index contributed by atoms with van der Waals surface area (Å²) < 4.78 is 55.3. The van der Waals surface area contributed by atoms with Gasteiger partial charge in [0.15, 0.2) is 0 Å². The summed E-state index contributed by atoms with van der Waals surface area (Å²) in [6.45, 7) is 0. The molecule has 3 nitrogen and oxygen atoms in total. The molecule has 2 aromatic carbocycles. The Bertz CT molecular complexity index is 978. The van der Waals surface area contributed by atoms with E-state index in [9.17, 15) is 17.6 Å². The van der Waals surface area contributed by atoms with Crippen molar-refractivity contribution in [2.24, 2.45) is 5.16 Å². The van der Waals surface area contributed by atoms with Gasteiger partial charge in [0.25, 0.3) is 5.60 Å². The van der Waals surface area contributed by atoms with Gasteiger partial charge < -0.3 is 4.84 Å². The summed E-state index contributed by atoms with van der Waals surface area (Å²) >= 11 is 17.5. The molecule has 1 aliphatic rings. The van der Waals surface area contributed by atoms with Gasteiger partial charge in [-0.15, -0.1) is 0 Å². The zero-order valence-corrected chi connectivity index (χ0v) is 15.3. The van der Waals surface area contributed by atoms with Gasteiger partial charge >= 0.3 is 6.18 Å². The zero-order valence-electron chi connectivity index (χ0n) is 13.0. The highest BCUT2D eigenvalue weighted by atomic mass is 35.5. The highest BCUT2D eigenvalue weighted by molar-refractivity contribution is 6.48. The Labute approximate surface area is 165 Å². The van der Waals surface area contributed by atoms with Gasteiger partial charge in [0.2, 0.25) is 0 Å². The molecule has 0 bridgehead atoms. The number of oxime groups is 1. The molecule has 1 heterocycles. The van der Waals surface area contributed by atoms with E-state index < -0.39 is 24.0 Å². The second-order valence-electron chi connectivity index (χ2n) is 5.69. The average molecular weight is 438 g/mol. The molecule has 0 spiro atoms. The molecule has 10 heteroatoms. The van der Waals surface area contributed by atoms with Crippen LogP contribution >= 0.6 is 34.8 Å². The van der Waals surface area contributed by atoms with Crippen molar-refractivity contribution in [3.63, 3.8) is 0 Å². The maximum Gasteiger partial charge on any atom is 0.435 e. The van der Waals surface area contributed by atoms with E-state index in [1.807, 2.05) is 0 Å². The Kier molecular flexibility index (Phi) is 5.02. The van der Waals surface area contributed by atoms with Gasteiger partial charge in [-0.2, -0.15) is 18.4 Å². The smallest absolute Gasteiger partial charge is 0.374 e. The highest BCUT2D eigenvalue weighted by Gasteiger charge is 2.62. The first kappa shape index (κ1) is 19.7. The first-order valence-electron chi connectivity index (χ1n) is 7.26. The van der Waals surface area contributed by atoms with Gasteiger partial charge in [-0.25, -0.2) is 4.39 Å². The highest BCUT2D eigenvalue weighted by Crippen LogP contribution is 2.50. The standard InChI is InChI=1S/C17H7Cl3F4N2O/c18-11-4-10(5-12(19)15(11)20)16(17(22,23)24)6-14(26-27-16)8-1-2-13(21)9(3-8)7-25/h1-5H,6H2. The van der Waals surface area contributed by atoms with Crippen molar-refractivity contribution in [2.45, 2.75) is 18.2 Å². The normalized spacial score (nSPS) is 19.4. The van der Waals surface area contributed by atoms with Crippen LogP contribution in [0.2, 0.25) is 15.1 Å². The number of alkyl halides is 3. The third-order valence-electron chi connectivity index (χ3n) is 4.06. The van der Waals surface area contributed by atoms with Gasteiger partial charge in [-0.3, -0.25) is 0 Å². The first-order valence-corrected chi connectivity index (χ1v) is 8.39. The van der Waals surface area contributed by atoms with Crippen LogP contribution < -0.4 is 0 Å². The lowest BCUT2D eigenvalue weighted by Gasteiger charge is -2.30. The maximum atomic E-state index is 13.9. The Balaban J connectivity index is 2.07. The molecule has 1 atom stereocenters. The number of nitrogens with zero attached hydrogens (tertiary/aromatic N) is 2. The van der Waals surface area contributed by atoms with E-state index in [4.69, 9.17) is 44.9 Å². The lowest BCUT2D eigenvalue weighted by molar-refractivity contribution is -0.275. The minimum Gasteiger partial charge on any atom is -0.374 e. The summed E-state index contributed by atoms with van der Waals surface area (Å²) in [5.41, 5.74) is -3.52. The van der Waals surface area contributed by atoms with Crippen molar-refractivity contribution < 1.29 is 22.4 Å². The molecule has 2 aromatic rings. The van der Waals surface area contributed by atoms with Gasteiger partial charge in [0.1, 0.15) is 11.9 Å². The van der Waals surface area contributed by atoms with E-state index >= 15 is 0 Å². The summed E-state index contributed by atoms with van der Waals surface area (Å²) in [5, 5.41) is 12.0. The van der Waals surface area contributed by atoms with Crippen LogP contribution in [-0.4, -0.2) is 11.9 Å². The van der Waals surface area contributed by atoms with Crippen molar-refractivity contribution in [2.75, 3.05) is 0 Å². The van der Waals surface area contributed by atoms with Gasteiger partial charge in [-0.1, -0.05) is 46.0 Å². The largest absolute Gasteiger partial charge is 0.435 e. The number of halogens is 7. The van der Waals surface area contributed by atoms with E-state index in [-0.39, 0.29) is 37.5 Å². The third kappa shape index (κ3) is 3.33. The quantitative estimate of drug-likeness (QED) is 0.412. The maximum absolute atomic E-state index is 13.9. The Hall–Kier alpha value is -2.01. The topological polar surface area (TPSA) is 45.4 Å². The molecule has 140 valence electrons. The minimum atomic E-state index is -4.88.